The third-order valence-electron chi connectivity index (χ3n) is 9.02. The van der Waals surface area contributed by atoms with Crippen molar-refractivity contribution in [1.29, 1.82) is 0 Å². The second-order valence-electron chi connectivity index (χ2n) is 13.4. The molecule has 1 aliphatic rings. The van der Waals surface area contributed by atoms with Gasteiger partial charge in [-0.3, -0.25) is 0 Å². The van der Waals surface area contributed by atoms with Gasteiger partial charge in [-0.2, -0.15) is 0 Å². The van der Waals surface area contributed by atoms with Crippen LogP contribution in [0.15, 0.2) is 24.3 Å². The van der Waals surface area contributed by atoms with E-state index in [1.54, 1.807) is 12.1 Å². The number of ether oxygens (including phenoxy) is 1. The lowest BCUT2D eigenvalue weighted by atomic mass is 9.84. The Balaban J connectivity index is 0.000000493. The van der Waals surface area contributed by atoms with Crippen LogP contribution in [0, 0.1) is 38.5 Å². The molecule has 2 aromatic rings. The smallest absolute Gasteiger partial charge is 0.335 e. The molecule has 0 unspecified atom stereocenters. The lowest BCUT2D eigenvalue weighted by Crippen LogP contribution is -2.37. The van der Waals surface area contributed by atoms with Crippen molar-refractivity contribution < 1.29 is 19.7 Å². The standard InChI is InChI=1S/C29H50O2.C7H7NO2/c1-20(2)12-9-13-21(3)14-10-15-22(4)16-11-18-29(8)19-17-26-25(7)27(30)23(5)24(6)28(26)31-29;8-6-3-1-5(2-4-6)7(9)10/h20-22,30H,9-19H2,1-8H3;1-4H,8H2,(H,9,10)/t21-,22-,29-;/m1./s1. The van der Waals surface area contributed by atoms with Crippen molar-refractivity contribution in [3.05, 3.63) is 52.1 Å². The van der Waals surface area contributed by atoms with Crippen molar-refractivity contribution in [3.63, 3.8) is 0 Å². The van der Waals surface area contributed by atoms with Gasteiger partial charge in [0.1, 0.15) is 17.1 Å². The van der Waals surface area contributed by atoms with E-state index in [0.29, 0.717) is 11.4 Å². The van der Waals surface area contributed by atoms with Crippen LogP contribution in [0.4, 0.5) is 5.69 Å². The molecule has 0 aromatic heterocycles. The van der Waals surface area contributed by atoms with Gasteiger partial charge in [0, 0.05) is 11.3 Å². The number of nitrogen functional groups attached to an aromatic ring is 1. The van der Waals surface area contributed by atoms with Crippen molar-refractivity contribution in [3.8, 4) is 11.5 Å². The molecule has 4 N–H and O–H groups in total. The van der Waals surface area contributed by atoms with Gasteiger partial charge in [0.15, 0.2) is 0 Å². The van der Waals surface area contributed by atoms with E-state index in [-0.39, 0.29) is 11.2 Å². The first-order valence-electron chi connectivity index (χ1n) is 15.8. The SMILES string of the molecule is Cc1c(C)c2c(c(C)c1O)CC[C@@](C)(CCC[C@H](C)CCC[C@H](C)CCCC(C)C)O2.Nc1ccc(C(=O)O)cc1. The molecule has 3 rings (SSSR count). The number of hydrogen-bond acceptors (Lipinski definition) is 4. The summed E-state index contributed by atoms with van der Waals surface area (Å²) in [6.45, 7) is 17.9. The van der Waals surface area contributed by atoms with E-state index in [4.69, 9.17) is 15.6 Å². The minimum absolute atomic E-state index is 0.0712. The molecule has 41 heavy (non-hydrogen) atoms. The van der Waals surface area contributed by atoms with E-state index in [1.807, 2.05) is 13.8 Å². The number of aromatic hydroxyl groups is 1. The molecular weight excluding hydrogens is 510 g/mol. The van der Waals surface area contributed by atoms with Crippen LogP contribution in [0.5, 0.6) is 11.5 Å². The van der Waals surface area contributed by atoms with E-state index < -0.39 is 5.97 Å². The molecule has 0 saturated carbocycles. The summed E-state index contributed by atoms with van der Waals surface area (Å²) in [7, 11) is 0. The summed E-state index contributed by atoms with van der Waals surface area (Å²) in [5.74, 6) is 3.10. The fraction of sp³-hybridized carbons (Fsp3) is 0.639. The maximum absolute atomic E-state index is 10.4. The predicted molar refractivity (Wildman–Crippen MR) is 172 cm³/mol. The first-order valence-corrected chi connectivity index (χ1v) is 15.8. The zero-order valence-electron chi connectivity index (χ0n) is 27.1. The maximum atomic E-state index is 10.4. The lowest BCUT2D eigenvalue weighted by Gasteiger charge is -2.38. The minimum Gasteiger partial charge on any atom is -0.507 e. The molecule has 5 heteroatoms. The van der Waals surface area contributed by atoms with Crippen LogP contribution in [0.1, 0.15) is 131 Å². The zero-order valence-corrected chi connectivity index (χ0v) is 27.1. The number of rotatable bonds is 13. The molecule has 1 heterocycles. The van der Waals surface area contributed by atoms with E-state index >= 15 is 0 Å². The predicted octanol–water partition coefficient (Wildman–Crippen LogP) is 9.81. The van der Waals surface area contributed by atoms with Crippen LogP contribution in [-0.4, -0.2) is 21.8 Å². The summed E-state index contributed by atoms with van der Waals surface area (Å²) in [5.41, 5.74) is 10.4. The first-order chi connectivity index (χ1) is 19.2. The van der Waals surface area contributed by atoms with Crippen molar-refractivity contribution in [2.75, 3.05) is 5.73 Å². The molecular formula is C36H57NO4. The van der Waals surface area contributed by atoms with Gasteiger partial charge in [0.05, 0.1) is 5.56 Å². The summed E-state index contributed by atoms with van der Waals surface area (Å²) in [6, 6.07) is 6.06. The average molecular weight is 568 g/mol. The van der Waals surface area contributed by atoms with Gasteiger partial charge in [0.25, 0.3) is 0 Å². The van der Waals surface area contributed by atoms with E-state index in [2.05, 4.69) is 41.5 Å². The monoisotopic (exact) mass is 567 g/mol. The Labute approximate surface area is 249 Å². The molecule has 0 fully saturated rings. The minimum atomic E-state index is -0.931. The number of carboxylic acids is 1. The third-order valence-corrected chi connectivity index (χ3v) is 9.02. The number of fused-ring (bicyclic) bond motifs is 1. The highest BCUT2D eigenvalue weighted by Crippen LogP contribution is 2.44. The number of anilines is 1. The number of phenolic OH excluding ortho intramolecular Hbond substituents is 1. The Kier molecular flexibility index (Phi) is 13.5. The molecule has 0 bridgehead atoms. The maximum Gasteiger partial charge on any atom is 0.335 e. The second-order valence-corrected chi connectivity index (χ2v) is 13.4. The zero-order chi connectivity index (χ0) is 30.7. The number of carboxylic acid groups (broad SMARTS) is 1. The first kappa shape index (κ1) is 34.5. The van der Waals surface area contributed by atoms with E-state index in [1.165, 1.54) is 69.1 Å². The summed E-state index contributed by atoms with van der Waals surface area (Å²) in [5, 5.41) is 18.8. The van der Waals surface area contributed by atoms with Gasteiger partial charge < -0.3 is 20.7 Å². The number of nitrogens with two attached hydrogens (primary N) is 1. The van der Waals surface area contributed by atoms with Gasteiger partial charge in [-0.15, -0.1) is 0 Å². The largest absolute Gasteiger partial charge is 0.507 e. The molecule has 0 amide bonds. The lowest BCUT2D eigenvalue weighted by molar-refractivity contribution is 0.0511. The van der Waals surface area contributed by atoms with Crippen LogP contribution in [0.25, 0.3) is 0 Å². The molecule has 5 nitrogen and oxygen atoms in total. The fourth-order valence-corrected chi connectivity index (χ4v) is 5.90. The van der Waals surface area contributed by atoms with Crippen molar-refractivity contribution >= 4 is 11.7 Å². The van der Waals surface area contributed by atoms with Gasteiger partial charge in [-0.05, 0) is 112 Å². The van der Waals surface area contributed by atoms with Crippen LogP contribution in [-0.2, 0) is 6.42 Å². The molecule has 2 aromatic carbocycles. The van der Waals surface area contributed by atoms with Gasteiger partial charge in [-0.25, -0.2) is 4.79 Å². The summed E-state index contributed by atoms with van der Waals surface area (Å²) in [6.07, 6.45) is 14.1. The summed E-state index contributed by atoms with van der Waals surface area (Å²) >= 11 is 0. The highest BCUT2D eigenvalue weighted by Gasteiger charge is 2.34. The number of aromatic carboxylic acids is 1. The van der Waals surface area contributed by atoms with Crippen LogP contribution < -0.4 is 10.5 Å². The van der Waals surface area contributed by atoms with Crippen molar-refractivity contribution in [1.82, 2.24) is 0 Å². The Morgan fingerprint density at radius 1 is 0.878 bits per heavy atom. The average Bonchev–Trinajstić information content (AvgIpc) is 2.91. The Hall–Kier alpha value is -2.69. The Morgan fingerprint density at radius 3 is 1.95 bits per heavy atom. The van der Waals surface area contributed by atoms with Crippen LogP contribution in [0.3, 0.4) is 0 Å². The fourth-order valence-electron chi connectivity index (χ4n) is 5.90. The van der Waals surface area contributed by atoms with E-state index in [9.17, 15) is 9.90 Å². The Bertz CT molecular complexity index is 1110. The van der Waals surface area contributed by atoms with Crippen LogP contribution in [0.2, 0.25) is 0 Å². The molecule has 230 valence electrons. The summed E-state index contributed by atoms with van der Waals surface area (Å²) < 4.78 is 6.60. The normalized spacial score (nSPS) is 17.7. The highest BCUT2D eigenvalue weighted by atomic mass is 16.5. The van der Waals surface area contributed by atoms with E-state index in [0.717, 1.165) is 59.5 Å². The van der Waals surface area contributed by atoms with Gasteiger partial charge in [-0.1, -0.05) is 72.6 Å². The summed E-state index contributed by atoms with van der Waals surface area (Å²) in [4.78, 5) is 10.3. The molecule has 0 spiro atoms. The molecule has 1 aliphatic heterocycles. The van der Waals surface area contributed by atoms with Gasteiger partial charge >= 0.3 is 5.97 Å². The number of phenols is 1. The van der Waals surface area contributed by atoms with Crippen LogP contribution >= 0.6 is 0 Å². The number of benzene rings is 2. The van der Waals surface area contributed by atoms with Gasteiger partial charge in [0.2, 0.25) is 0 Å². The Morgan fingerprint density at radius 2 is 1.41 bits per heavy atom. The van der Waals surface area contributed by atoms with Crippen molar-refractivity contribution in [2.45, 2.75) is 132 Å². The third kappa shape index (κ3) is 10.9. The van der Waals surface area contributed by atoms with Crippen molar-refractivity contribution in [2.24, 2.45) is 17.8 Å². The quantitative estimate of drug-likeness (QED) is 0.209. The number of carbonyl (C=O) groups is 1. The molecule has 0 aliphatic carbocycles. The molecule has 3 atom stereocenters. The molecule has 0 radical (unpaired) electrons. The highest BCUT2D eigenvalue weighted by molar-refractivity contribution is 5.87. The second kappa shape index (κ2) is 16.1. The number of hydrogen-bond donors (Lipinski definition) is 3. The topological polar surface area (TPSA) is 92.8 Å². The molecule has 0 saturated heterocycles.